The largest absolute Gasteiger partial charge is 0.495 e. The first-order chi connectivity index (χ1) is 19.4. The summed E-state index contributed by atoms with van der Waals surface area (Å²) in [5.74, 6) is 2.24. The number of nitrogens with zero attached hydrogens (tertiary/aromatic N) is 3. The van der Waals surface area contributed by atoms with Crippen molar-refractivity contribution in [2.45, 2.75) is 44.4 Å². The Morgan fingerprint density at radius 1 is 0.950 bits per heavy atom. The van der Waals surface area contributed by atoms with E-state index >= 15 is 0 Å². The molecule has 40 heavy (non-hydrogen) atoms. The van der Waals surface area contributed by atoms with E-state index in [4.69, 9.17) is 25.4 Å². The zero-order valence-corrected chi connectivity index (χ0v) is 25.4. The monoisotopic (exact) mass is 583 g/mol. The lowest BCUT2D eigenvalue weighted by molar-refractivity contribution is 0.0741. The van der Waals surface area contributed by atoms with Crippen LogP contribution < -0.4 is 20.7 Å². The molecule has 0 radical (unpaired) electrons. The number of benzene rings is 2. The van der Waals surface area contributed by atoms with Crippen LogP contribution in [0.2, 0.25) is 5.02 Å². The number of rotatable bonds is 9. The summed E-state index contributed by atoms with van der Waals surface area (Å²) < 4.78 is 16.8. The third-order valence-corrected chi connectivity index (χ3v) is 10.2. The number of likely N-dealkylation sites (tertiary alicyclic amines) is 1. The van der Waals surface area contributed by atoms with Gasteiger partial charge in [0.05, 0.1) is 30.0 Å². The number of aromatic nitrogens is 2. The number of methoxy groups -OCH3 is 1. The predicted octanol–water partition coefficient (Wildman–Crippen LogP) is 7.23. The number of halogens is 1. The second-order valence-electron chi connectivity index (χ2n) is 10.8. The molecule has 1 aliphatic heterocycles. The molecule has 1 saturated heterocycles. The lowest BCUT2D eigenvalue weighted by atomic mass is 9.64. The number of hydrogen-bond donors (Lipinski definition) is 2. The van der Waals surface area contributed by atoms with Crippen molar-refractivity contribution in [3.63, 3.8) is 0 Å². The smallest absolute Gasteiger partial charge is 0.229 e. The molecule has 2 aromatic carbocycles. The van der Waals surface area contributed by atoms with Gasteiger partial charge in [-0.2, -0.15) is 4.98 Å². The Balaban J connectivity index is 1.29. The topological polar surface area (TPSA) is 80.8 Å². The van der Waals surface area contributed by atoms with Crippen molar-refractivity contribution < 1.29 is 13.8 Å². The highest BCUT2D eigenvalue weighted by Crippen LogP contribution is 2.49. The van der Waals surface area contributed by atoms with Gasteiger partial charge >= 0.3 is 0 Å². The van der Waals surface area contributed by atoms with Crippen LogP contribution in [0.5, 0.6) is 5.75 Å². The third-order valence-electron chi connectivity index (χ3n) is 8.47. The molecular weight excluding hydrogens is 545 g/mol. The van der Waals surface area contributed by atoms with E-state index in [-0.39, 0.29) is 0 Å². The number of para-hydroxylation sites is 1. The van der Waals surface area contributed by atoms with E-state index in [9.17, 15) is 0 Å². The van der Waals surface area contributed by atoms with Crippen molar-refractivity contribution in [1.82, 2.24) is 14.9 Å². The van der Waals surface area contributed by atoms with Crippen molar-refractivity contribution in [3.8, 4) is 5.75 Å². The van der Waals surface area contributed by atoms with Gasteiger partial charge in [0.15, 0.2) is 5.82 Å². The van der Waals surface area contributed by atoms with Crippen LogP contribution in [-0.2, 0) is 9.05 Å². The zero-order valence-electron chi connectivity index (χ0n) is 23.7. The number of hydrogen-bond acceptors (Lipinski definition) is 8. The van der Waals surface area contributed by atoms with E-state index in [2.05, 4.69) is 50.7 Å². The summed E-state index contributed by atoms with van der Waals surface area (Å²) in [5.41, 5.74) is 3.51. The molecule has 214 valence electrons. The maximum absolute atomic E-state index is 6.48. The Hall–Kier alpha value is -2.48. The zero-order chi connectivity index (χ0) is 28.1. The summed E-state index contributed by atoms with van der Waals surface area (Å²) in [4.78, 5) is 11.5. The first-order valence-electron chi connectivity index (χ1n) is 13.8. The summed E-state index contributed by atoms with van der Waals surface area (Å²) >= 11 is 6.48. The third kappa shape index (κ3) is 6.53. The molecule has 1 spiro atoms. The van der Waals surface area contributed by atoms with E-state index in [1.807, 2.05) is 24.3 Å². The minimum absolute atomic E-state index is 0.404. The first-order valence-corrected chi connectivity index (χ1v) is 15.4. The van der Waals surface area contributed by atoms with Crippen molar-refractivity contribution in [1.29, 1.82) is 0 Å². The summed E-state index contributed by atoms with van der Waals surface area (Å²) in [5, 5.41) is 7.95. The average Bonchev–Trinajstić information content (AvgIpc) is 2.98. The average molecular weight is 584 g/mol. The molecule has 0 bridgehead atoms. The standard InChI is InChI=1S/C30H39ClN5O3P/c1-36-17-15-30(16-18-36)13-11-21(12-14-30)22-9-10-24(26(19-22)37-2)34-29-32-20-23(31)28(35-29)33-25-7-5-6-8-27(25)40(38-3)39-4/h5-10,19-21H,11-18H2,1-4H3,(H2,32,33,34,35). The molecule has 2 aliphatic rings. The molecule has 1 aliphatic carbocycles. The van der Waals surface area contributed by atoms with E-state index in [0.29, 0.717) is 28.1 Å². The second kappa shape index (κ2) is 13.0. The highest BCUT2D eigenvalue weighted by molar-refractivity contribution is 7.56. The lowest BCUT2D eigenvalue weighted by Crippen LogP contribution is -2.39. The van der Waals surface area contributed by atoms with Gasteiger partial charge in [-0.05, 0) is 99.8 Å². The quantitative estimate of drug-likeness (QED) is 0.255. The number of piperidine rings is 1. The Labute approximate surface area is 243 Å². The van der Waals surface area contributed by atoms with Crippen molar-refractivity contribution >= 4 is 48.4 Å². The van der Waals surface area contributed by atoms with Crippen LogP contribution in [0.25, 0.3) is 0 Å². The van der Waals surface area contributed by atoms with Crippen molar-refractivity contribution in [2.75, 3.05) is 52.1 Å². The van der Waals surface area contributed by atoms with Gasteiger partial charge in [0.1, 0.15) is 10.8 Å². The van der Waals surface area contributed by atoms with Crippen LogP contribution in [0, 0.1) is 5.41 Å². The summed E-state index contributed by atoms with van der Waals surface area (Å²) in [6.07, 6.45) is 9.39. The van der Waals surface area contributed by atoms with E-state index in [1.54, 1.807) is 27.5 Å². The molecule has 5 rings (SSSR count). The summed E-state index contributed by atoms with van der Waals surface area (Å²) in [7, 11) is 5.97. The molecular formula is C30H39ClN5O3P. The van der Waals surface area contributed by atoms with E-state index in [1.165, 1.54) is 57.2 Å². The number of ether oxygens (including phenoxy) is 1. The van der Waals surface area contributed by atoms with Gasteiger partial charge in [0, 0.05) is 14.2 Å². The predicted molar refractivity (Wildman–Crippen MR) is 164 cm³/mol. The molecule has 2 fully saturated rings. The highest BCUT2D eigenvalue weighted by atomic mass is 35.5. The molecule has 0 atom stereocenters. The van der Waals surface area contributed by atoms with Crippen molar-refractivity contribution in [2.24, 2.45) is 5.41 Å². The number of nitrogens with one attached hydrogen (secondary N) is 2. The first kappa shape index (κ1) is 29.0. The fourth-order valence-corrected chi connectivity index (χ4v) is 7.21. The molecule has 1 saturated carbocycles. The van der Waals surface area contributed by atoms with Crippen LogP contribution >= 0.6 is 20.0 Å². The van der Waals surface area contributed by atoms with Crippen LogP contribution in [0.15, 0.2) is 48.7 Å². The summed E-state index contributed by atoms with van der Waals surface area (Å²) in [6.45, 7) is 2.47. The van der Waals surface area contributed by atoms with Crippen molar-refractivity contribution in [3.05, 3.63) is 59.2 Å². The molecule has 0 unspecified atom stereocenters. The maximum atomic E-state index is 6.48. The molecule has 2 heterocycles. The minimum Gasteiger partial charge on any atom is -0.495 e. The Bertz CT molecular complexity index is 1290. The maximum Gasteiger partial charge on any atom is 0.229 e. The molecule has 10 heteroatoms. The number of anilines is 4. The van der Waals surface area contributed by atoms with Crippen LogP contribution in [0.4, 0.5) is 23.1 Å². The lowest BCUT2D eigenvalue weighted by Gasteiger charge is -2.45. The van der Waals surface area contributed by atoms with Gasteiger partial charge < -0.3 is 29.3 Å². The van der Waals surface area contributed by atoms with Gasteiger partial charge in [-0.15, -0.1) is 0 Å². The fourth-order valence-electron chi connectivity index (χ4n) is 5.99. The van der Waals surface area contributed by atoms with Crippen LogP contribution in [0.1, 0.15) is 50.0 Å². The Morgan fingerprint density at radius 3 is 2.38 bits per heavy atom. The Kier molecular flexibility index (Phi) is 9.44. The summed E-state index contributed by atoms with van der Waals surface area (Å²) in [6, 6.07) is 14.2. The van der Waals surface area contributed by atoms with Crippen LogP contribution in [-0.4, -0.2) is 56.3 Å². The van der Waals surface area contributed by atoms with Gasteiger partial charge in [-0.25, -0.2) is 4.98 Å². The van der Waals surface area contributed by atoms with E-state index < -0.39 is 8.38 Å². The second-order valence-corrected chi connectivity index (χ2v) is 13.0. The molecule has 2 N–H and O–H groups in total. The molecule has 8 nitrogen and oxygen atoms in total. The fraction of sp³-hybridized carbons (Fsp3) is 0.467. The molecule has 3 aromatic rings. The normalized spacial score (nSPS) is 17.8. The SMILES string of the molecule is COc1cc(C2CCC3(CC2)CCN(C)CC3)ccc1Nc1ncc(Cl)c(Nc2ccccc2P(OC)OC)n1. The van der Waals surface area contributed by atoms with Crippen LogP contribution in [0.3, 0.4) is 0 Å². The highest BCUT2D eigenvalue weighted by Gasteiger charge is 2.37. The molecule has 0 amide bonds. The van der Waals surface area contributed by atoms with Gasteiger partial charge in [-0.1, -0.05) is 29.8 Å². The Morgan fingerprint density at radius 2 is 1.68 bits per heavy atom. The van der Waals surface area contributed by atoms with Gasteiger partial charge in [0.2, 0.25) is 14.3 Å². The van der Waals surface area contributed by atoms with Gasteiger partial charge in [0.25, 0.3) is 0 Å². The van der Waals surface area contributed by atoms with Gasteiger partial charge in [-0.3, -0.25) is 0 Å². The van der Waals surface area contributed by atoms with E-state index in [0.717, 1.165) is 22.4 Å². The minimum atomic E-state index is -1.23. The molecule has 1 aromatic heterocycles.